The quantitative estimate of drug-likeness (QED) is 0.486. The third-order valence-corrected chi connectivity index (χ3v) is 5.97. The number of thiophene rings is 1. The SMILES string of the molecule is Cc1nc2cc(NC(=O)c3csc(-c4cc(Br)cs4)n3)ccc2o1. The monoisotopic (exact) mass is 419 g/mol. The van der Waals surface area contributed by atoms with E-state index in [0.717, 1.165) is 14.4 Å². The van der Waals surface area contributed by atoms with Gasteiger partial charge in [-0.1, -0.05) is 0 Å². The number of hydrogen-bond acceptors (Lipinski definition) is 6. The fraction of sp³-hybridized carbons (Fsp3) is 0.0625. The van der Waals surface area contributed by atoms with Crippen molar-refractivity contribution in [3.05, 3.63) is 51.1 Å². The Kier molecular flexibility index (Phi) is 3.95. The Balaban J connectivity index is 1.55. The number of carbonyl (C=O) groups excluding carboxylic acids is 1. The number of nitrogens with one attached hydrogen (secondary N) is 1. The second-order valence-corrected chi connectivity index (χ2v) is 7.72. The predicted octanol–water partition coefficient (Wildman–Crippen LogP) is 5.34. The van der Waals surface area contributed by atoms with Gasteiger partial charge in [-0.05, 0) is 40.2 Å². The van der Waals surface area contributed by atoms with Crippen LogP contribution in [0.3, 0.4) is 0 Å². The van der Waals surface area contributed by atoms with Gasteiger partial charge >= 0.3 is 0 Å². The maximum Gasteiger partial charge on any atom is 0.275 e. The number of anilines is 1. The minimum atomic E-state index is -0.243. The van der Waals surface area contributed by atoms with Gasteiger partial charge in [-0.15, -0.1) is 22.7 Å². The molecule has 0 bridgehead atoms. The first-order valence-electron chi connectivity index (χ1n) is 6.97. The molecule has 120 valence electrons. The number of fused-ring (bicyclic) bond motifs is 1. The molecule has 0 radical (unpaired) electrons. The summed E-state index contributed by atoms with van der Waals surface area (Å²) in [6.45, 7) is 1.79. The van der Waals surface area contributed by atoms with Crippen LogP contribution in [0, 0.1) is 6.92 Å². The molecule has 24 heavy (non-hydrogen) atoms. The molecule has 5 nitrogen and oxygen atoms in total. The van der Waals surface area contributed by atoms with Crippen molar-refractivity contribution in [2.45, 2.75) is 6.92 Å². The van der Waals surface area contributed by atoms with Gasteiger partial charge in [0, 0.05) is 27.8 Å². The lowest BCUT2D eigenvalue weighted by atomic mass is 10.3. The minimum absolute atomic E-state index is 0.243. The normalized spacial score (nSPS) is 11.1. The fourth-order valence-electron chi connectivity index (χ4n) is 2.23. The summed E-state index contributed by atoms with van der Waals surface area (Å²) < 4.78 is 6.44. The van der Waals surface area contributed by atoms with Crippen LogP contribution in [-0.4, -0.2) is 15.9 Å². The molecule has 0 aliphatic rings. The van der Waals surface area contributed by atoms with Crippen LogP contribution in [0.2, 0.25) is 0 Å². The molecule has 0 fully saturated rings. The molecule has 3 heterocycles. The molecule has 0 saturated carbocycles. The molecular weight excluding hydrogens is 410 g/mol. The maximum atomic E-state index is 12.4. The number of nitrogens with zero attached hydrogens (tertiary/aromatic N) is 2. The van der Waals surface area contributed by atoms with Gasteiger partial charge in [0.15, 0.2) is 11.5 Å². The van der Waals surface area contributed by atoms with Gasteiger partial charge in [0.05, 0.1) is 4.88 Å². The van der Waals surface area contributed by atoms with Crippen LogP contribution in [-0.2, 0) is 0 Å². The second-order valence-electron chi connectivity index (χ2n) is 5.04. The highest BCUT2D eigenvalue weighted by Crippen LogP contribution is 2.32. The zero-order valence-corrected chi connectivity index (χ0v) is 15.6. The van der Waals surface area contributed by atoms with Gasteiger partial charge in [0.25, 0.3) is 5.91 Å². The highest BCUT2D eigenvalue weighted by Gasteiger charge is 2.14. The maximum absolute atomic E-state index is 12.4. The summed E-state index contributed by atoms with van der Waals surface area (Å²) in [7, 11) is 0. The van der Waals surface area contributed by atoms with Crippen molar-refractivity contribution in [1.82, 2.24) is 9.97 Å². The number of rotatable bonds is 3. The number of thiazole rings is 1. The van der Waals surface area contributed by atoms with Crippen molar-refractivity contribution in [3.63, 3.8) is 0 Å². The molecule has 1 aromatic carbocycles. The Morgan fingerprint density at radius 3 is 2.88 bits per heavy atom. The Hall–Kier alpha value is -2.03. The Morgan fingerprint density at radius 1 is 1.21 bits per heavy atom. The van der Waals surface area contributed by atoms with E-state index in [2.05, 4.69) is 31.2 Å². The smallest absolute Gasteiger partial charge is 0.275 e. The van der Waals surface area contributed by atoms with Crippen molar-refractivity contribution in [2.24, 2.45) is 0 Å². The standard InChI is InChI=1S/C16H10BrN3O2S2/c1-8-18-11-5-10(2-3-13(11)22-8)19-15(21)12-7-24-16(20-12)14-4-9(17)6-23-14/h2-7H,1H3,(H,19,21). The molecular formula is C16H10BrN3O2S2. The number of aryl methyl sites for hydroxylation is 1. The number of halogens is 1. The molecule has 0 saturated heterocycles. The summed E-state index contributed by atoms with van der Waals surface area (Å²) in [6, 6.07) is 7.36. The highest BCUT2D eigenvalue weighted by atomic mass is 79.9. The summed E-state index contributed by atoms with van der Waals surface area (Å²) in [6.07, 6.45) is 0. The van der Waals surface area contributed by atoms with E-state index < -0.39 is 0 Å². The second kappa shape index (κ2) is 6.12. The van der Waals surface area contributed by atoms with E-state index in [4.69, 9.17) is 4.42 Å². The summed E-state index contributed by atoms with van der Waals surface area (Å²) in [5.41, 5.74) is 2.47. The highest BCUT2D eigenvalue weighted by molar-refractivity contribution is 9.10. The Morgan fingerprint density at radius 2 is 2.08 bits per heavy atom. The van der Waals surface area contributed by atoms with Crippen molar-refractivity contribution < 1.29 is 9.21 Å². The summed E-state index contributed by atoms with van der Waals surface area (Å²) in [4.78, 5) is 22.1. The van der Waals surface area contributed by atoms with Crippen LogP contribution in [0.25, 0.3) is 21.0 Å². The molecule has 1 amide bonds. The molecule has 0 spiro atoms. The van der Waals surface area contributed by atoms with Crippen molar-refractivity contribution in [2.75, 3.05) is 5.32 Å². The first-order chi connectivity index (χ1) is 11.6. The minimum Gasteiger partial charge on any atom is -0.441 e. The van der Waals surface area contributed by atoms with Gasteiger partial charge < -0.3 is 9.73 Å². The molecule has 0 aliphatic carbocycles. The first kappa shape index (κ1) is 15.5. The zero-order chi connectivity index (χ0) is 16.7. The molecule has 4 rings (SSSR count). The van der Waals surface area contributed by atoms with E-state index >= 15 is 0 Å². The number of hydrogen-bond donors (Lipinski definition) is 1. The summed E-state index contributed by atoms with van der Waals surface area (Å²) >= 11 is 6.46. The molecule has 4 aromatic rings. The molecule has 0 unspecified atom stereocenters. The Bertz CT molecular complexity index is 1050. The van der Waals surface area contributed by atoms with Crippen molar-refractivity contribution in [1.29, 1.82) is 0 Å². The Labute approximate surface area is 153 Å². The molecule has 3 aromatic heterocycles. The molecule has 8 heteroatoms. The van der Waals surface area contributed by atoms with E-state index in [1.807, 2.05) is 11.4 Å². The van der Waals surface area contributed by atoms with E-state index in [9.17, 15) is 4.79 Å². The van der Waals surface area contributed by atoms with Crippen LogP contribution in [0.4, 0.5) is 5.69 Å². The van der Waals surface area contributed by atoms with Gasteiger partial charge in [-0.3, -0.25) is 4.79 Å². The van der Waals surface area contributed by atoms with E-state index in [1.54, 1.807) is 41.8 Å². The fourth-order valence-corrected chi connectivity index (χ4v) is 4.54. The number of aromatic nitrogens is 2. The molecule has 1 N–H and O–H groups in total. The van der Waals surface area contributed by atoms with Gasteiger partial charge in [-0.2, -0.15) is 0 Å². The van der Waals surface area contributed by atoms with E-state index in [1.165, 1.54) is 11.3 Å². The van der Waals surface area contributed by atoms with Gasteiger partial charge in [-0.25, -0.2) is 9.97 Å². The zero-order valence-electron chi connectivity index (χ0n) is 12.4. The summed E-state index contributed by atoms with van der Waals surface area (Å²) in [5, 5.41) is 7.43. The van der Waals surface area contributed by atoms with Crippen LogP contribution >= 0.6 is 38.6 Å². The topological polar surface area (TPSA) is 68.0 Å². The van der Waals surface area contributed by atoms with Crippen LogP contribution in [0.5, 0.6) is 0 Å². The third kappa shape index (κ3) is 3.00. The molecule has 0 aliphatic heterocycles. The average Bonchev–Trinajstić information content (AvgIpc) is 3.24. The average molecular weight is 420 g/mol. The number of amides is 1. The summed E-state index contributed by atoms with van der Waals surface area (Å²) in [5.74, 6) is 0.354. The van der Waals surface area contributed by atoms with Crippen LogP contribution < -0.4 is 5.32 Å². The lowest BCUT2D eigenvalue weighted by Crippen LogP contribution is -2.12. The number of benzene rings is 1. The number of carbonyl (C=O) groups is 1. The van der Waals surface area contributed by atoms with Crippen molar-refractivity contribution >= 4 is 61.3 Å². The lowest BCUT2D eigenvalue weighted by Gasteiger charge is -2.02. The van der Waals surface area contributed by atoms with Crippen LogP contribution in [0.1, 0.15) is 16.4 Å². The lowest BCUT2D eigenvalue weighted by molar-refractivity contribution is 0.102. The first-order valence-corrected chi connectivity index (χ1v) is 9.52. The third-order valence-electron chi connectivity index (χ3n) is 3.27. The van der Waals surface area contributed by atoms with Crippen molar-refractivity contribution in [3.8, 4) is 9.88 Å². The van der Waals surface area contributed by atoms with Crippen LogP contribution in [0.15, 0.2) is 43.9 Å². The number of oxazole rings is 1. The van der Waals surface area contributed by atoms with E-state index in [-0.39, 0.29) is 5.91 Å². The van der Waals surface area contributed by atoms with Gasteiger partial charge in [0.1, 0.15) is 16.2 Å². The predicted molar refractivity (Wildman–Crippen MR) is 99.8 cm³/mol. The van der Waals surface area contributed by atoms with Gasteiger partial charge in [0.2, 0.25) is 0 Å². The molecule has 0 atom stereocenters. The van der Waals surface area contributed by atoms with E-state index in [0.29, 0.717) is 28.4 Å². The largest absolute Gasteiger partial charge is 0.441 e.